The van der Waals surface area contributed by atoms with Gasteiger partial charge in [0.25, 0.3) is 9.05 Å². The molecule has 8 heteroatoms. The van der Waals surface area contributed by atoms with Crippen molar-refractivity contribution in [3.05, 3.63) is 24.3 Å². The van der Waals surface area contributed by atoms with Gasteiger partial charge in [-0.2, -0.15) is 0 Å². The molecule has 0 spiro atoms. The molecule has 2 unspecified atom stereocenters. The number of nitrogens with one attached hydrogen (secondary N) is 1. The fourth-order valence-electron chi connectivity index (χ4n) is 1.53. The Labute approximate surface area is 111 Å². The van der Waals surface area contributed by atoms with E-state index >= 15 is 0 Å². The molecule has 1 aliphatic rings. The van der Waals surface area contributed by atoms with E-state index in [0.717, 1.165) is 6.42 Å². The van der Waals surface area contributed by atoms with E-state index in [1.54, 1.807) is 0 Å². The van der Waals surface area contributed by atoms with Gasteiger partial charge in [0.15, 0.2) is 0 Å². The van der Waals surface area contributed by atoms with Crippen LogP contribution in [0.3, 0.4) is 0 Å². The highest BCUT2D eigenvalue weighted by molar-refractivity contribution is 8.13. The van der Waals surface area contributed by atoms with Crippen molar-refractivity contribution in [2.75, 3.05) is 0 Å². The molecule has 0 bridgehead atoms. The molecule has 1 aromatic carbocycles. The lowest BCUT2D eigenvalue weighted by molar-refractivity contribution is 0.578. The highest BCUT2D eigenvalue weighted by Gasteiger charge is 2.36. The first-order valence-corrected chi connectivity index (χ1v) is 9.06. The zero-order chi connectivity index (χ0) is 13.6. The predicted octanol–water partition coefficient (Wildman–Crippen LogP) is 1.30. The van der Waals surface area contributed by atoms with Crippen LogP contribution in [0.4, 0.5) is 0 Å². The molecule has 5 nitrogen and oxygen atoms in total. The number of hydrogen-bond donors (Lipinski definition) is 1. The molecule has 0 radical (unpaired) electrons. The lowest BCUT2D eigenvalue weighted by atomic mass is 10.4. The Morgan fingerprint density at radius 1 is 1.11 bits per heavy atom. The summed E-state index contributed by atoms with van der Waals surface area (Å²) >= 11 is 0. The summed E-state index contributed by atoms with van der Waals surface area (Å²) in [7, 11) is -2.26. The first-order chi connectivity index (χ1) is 8.20. The van der Waals surface area contributed by atoms with E-state index in [1.165, 1.54) is 24.3 Å². The Morgan fingerprint density at radius 2 is 1.56 bits per heavy atom. The Bertz CT molecular complexity index is 652. The van der Waals surface area contributed by atoms with Crippen LogP contribution in [-0.4, -0.2) is 22.9 Å². The van der Waals surface area contributed by atoms with Crippen LogP contribution in [0.5, 0.6) is 0 Å². The molecule has 1 saturated carbocycles. The van der Waals surface area contributed by atoms with Crippen LogP contribution in [-0.2, 0) is 19.1 Å². The van der Waals surface area contributed by atoms with Gasteiger partial charge in [-0.25, -0.2) is 21.6 Å². The van der Waals surface area contributed by atoms with Gasteiger partial charge in [0.05, 0.1) is 9.79 Å². The molecule has 1 aromatic rings. The number of sulfonamides is 1. The van der Waals surface area contributed by atoms with Gasteiger partial charge in [-0.1, -0.05) is 6.92 Å². The average molecular weight is 310 g/mol. The van der Waals surface area contributed by atoms with E-state index in [9.17, 15) is 16.8 Å². The Kier molecular flexibility index (Phi) is 3.44. The van der Waals surface area contributed by atoms with Crippen LogP contribution in [0.1, 0.15) is 13.3 Å². The average Bonchev–Trinajstić information content (AvgIpc) is 2.92. The van der Waals surface area contributed by atoms with E-state index in [2.05, 4.69) is 4.72 Å². The largest absolute Gasteiger partial charge is 0.261 e. The summed E-state index contributed by atoms with van der Waals surface area (Å²) in [5.74, 6) is 0.349. The molecule has 0 aromatic heterocycles. The minimum absolute atomic E-state index is 0.0218. The Morgan fingerprint density at radius 3 is 1.94 bits per heavy atom. The fraction of sp³-hybridized carbons (Fsp3) is 0.400. The molecule has 1 N–H and O–H groups in total. The van der Waals surface area contributed by atoms with Gasteiger partial charge >= 0.3 is 0 Å². The summed E-state index contributed by atoms with van der Waals surface area (Å²) in [5.41, 5.74) is 0. The number of halogens is 1. The molecule has 1 fully saturated rings. The molecule has 1 aliphatic carbocycles. The minimum atomic E-state index is -3.83. The lowest BCUT2D eigenvalue weighted by Crippen LogP contribution is -2.26. The van der Waals surface area contributed by atoms with Crippen LogP contribution in [0.2, 0.25) is 0 Å². The maximum absolute atomic E-state index is 11.9. The highest BCUT2D eigenvalue weighted by Crippen LogP contribution is 2.30. The van der Waals surface area contributed by atoms with E-state index < -0.39 is 19.1 Å². The lowest BCUT2D eigenvalue weighted by Gasteiger charge is -2.06. The van der Waals surface area contributed by atoms with Crippen LogP contribution >= 0.6 is 10.7 Å². The summed E-state index contributed by atoms with van der Waals surface area (Å²) < 4.78 is 48.4. The van der Waals surface area contributed by atoms with Crippen molar-refractivity contribution in [1.82, 2.24) is 4.72 Å². The van der Waals surface area contributed by atoms with E-state index in [4.69, 9.17) is 10.7 Å². The summed E-state index contributed by atoms with van der Waals surface area (Å²) in [4.78, 5) is -0.0893. The monoisotopic (exact) mass is 309 g/mol. The topological polar surface area (TPSA) is 80.3 Å². The summed E-state index contributed by atoms with van der Waals surface area (Å²) in [5, 5.41) is 0. The summed E-state index contributed by atoms with van der Waals surface area (Å²) in [6.45, 7) is 1.95. The SMILES string of the molecule is CC1CC1NS(=O)(=O)c1ccc(S(=O)(=O)Cl)cc1. The second-order valence-electron chi connectivity index (χ2n) is 4.35. The van der Waals surface area contributed by atoms with Crippen molar-refractivity contribution in [3.8, 4) is 0 Å². The predicted molar refractivity (Wildman–Crippen MR) is 67.4 cm³/mol. The van der Waals surface area contributed by atoms with Gasteiger partial charge < -0.3 is 0 Å². The number of rotatable bonds is 4. The third kappa shape index (κ3) is 3.03. The fourth-order valence-corrected chi connectivity index (χ4v) is 3.66. The Hall–Kier alpha value is -0.630. The number of hydrogen-bond acceptors (Lipinski definition) is 4. The van der Waals surface area contributed by atoms with Crippen LogP contribution < -0.4 is 4.72 Å². The molecule has 2 atom stereocenters. The van der Waals surface area contributed by atoms with Crippen molar-refractivity contribution in [2.24, 2.45) is 5.92 Å². The highest BCUT2D eigenvalue weighted by atomic mass is 35.7. The second kappa shape index (κ2) is 4.48. The van der Waals surface area contributed by atoms with Crippen molar-refractivity contribution in [3.63, 3.8) is 0 Å². The van der Waals surface area contributed by atoms with E-state index in [1.807, 2.05) is 6.92 Å². The van der Waals surface area contributed by atoms with Gasteiger partial charge in [-0.15, -0.1) is 0 Å². The second-order valence-corrected chi connectivity index (χ2v) is 8.63. The summed E-state index contributed by atoms with van der Waals surface area (Å²) in [6, 6.07) is 4.78. The summed E-state index contributed by atoms with van der Waals surface area (Å²) in [6.07, 6.45) is 0.827. The maximum Gasteiger partial charge on any atom is 0.261 e. The molecular weight excluding hydrogens is 298 g/mol. The molecule has 0 aliphatic heterocycles. The maximum atomic E-state index is 11.9. The minimum Gasteiger partial charge on any atom is -0.208 e. The van der Waals surface area contributed by atoms with E-state index in [0.29, 0.717) is 5.92 Å². The Balaban J connectivity index is 2.24. The van der Waals surface area contributed by atoms with Crippen molar-refractivity contribution in [2.45, 2.75) is 29.2 Å². The standard InChI is InChI=1S/C10H12ClNO4S2/c1-7-6-10(7)12-18(15,16)9-4-2-8(3-5-9)17(11,13)14/h2-5,7,10,12H,6H2,1H3. The van der Waals surface area contributed by atoms with Crippen LogP contribution in [0.25, 0.3) is 0 Å². The van der Waals surface area contributed by atoms with Gasteiger partial charge in [-0.05, 0) is 36.6 Å². The number of benzene rings is 1. The van der Waals surface area contributed by atoms with Crippen LogP contribution in [0, 0.1) is 5.92 Å². The van der Waals surface area contributed by atoms with Gasteiger partial charge in [0.1, 0.15) is 0 Å². The molecule has 2 rings (SSSR count). The van der Waals surface area contributed by atoms with Crippen molar-refractivity contribution < 1.29 is 16.8 Å². The zero-order valence-corrected chi connectivity index (χ0v) is 11.9. The molecule has 18 heavy (non-hydrogen) atoms. The molecule has 100 valence electrons. The molecule has 0 heterocycles. The van der Waals surface area contributed by atoms with E-state index in [-0.39, 0.29) is 15.8 Å². The molecular formula is C10H12ClNO4S2. The molecule has 0 amide bonds. The molecule has 0 saturated heterocycles. The first-order valence-electron chi connectivity index (χ1n) is 5.27. The third-order valence-corrected chi connectivity index (χ3v) is 5.71. The van der Waals surface area contributed by atoms with Gasteiger partial charge in [-0.3, -0.25) is 0 Å². The first kappa shape index (κ1) is 13.8. The smallest absolute Gasteiger partial charge is 0.208 e. The normalized spacial score (nSPS) is 23.9. The third-order valence-electron chi connectivity index (χ3n) is 2.83. The van der Waals surface area contributed by atoms with Gasteiger partial charge in [0.2, 0.25) is 10.0 Å². The van der Waals surface area contributed by atoms with Crippen molar-refractivity contribution in [1.29, 1.82) is 0 Å². The van der Waals surface area contributed by atoms with Gasteiger partial charge in [0, 0.05) is 16.7 Å². The zero-order valence-electron chi connectivity index (χ0n) is 9.50. The van der Waals surface area contributed by atoms with Crippen molar-refractivity contribution >= 4 is 29.8 Å². The quantitative estimate of drug-likeness (QED) is 0.850. The van der Waals surface area contributed by atoms with Crippen LogP contribution in [0.15, 0.2) is 34.1 Å².